The second-order valence-corrected chi connectivity index (χ2v) is 5.37. The van der Waals surface area contributed by atoms with E-state index in [0.717, 1.165) is 5.56 Å². The third-order valence-corrected chi connectivity index (χ3v) is 4.41. The summed E-state index contributed by atoms with van der Waals surface area (Å²) in [5, 5.41) is 14.1. The van der Waals surface area contributed by atoms with E-state index in [1.807, 2.05) is 24.3 Å². The zero-order valence-electron chi connectivity index (χ0n) is 10.2. The maximum absolute atomic E-state index is 10.5. The largest absolute Gasteiger partial charge is 0.386 e. The summed E-state index contributed by atoms with van der Waals surface area (Å²) in [5.74, 6) is 0. The molecule has 2 bridgehead atoms. The van der Waals surface area contributed by atoms with Gasteiger partial charge in [0, 0.05) is 0 Å². The van der Waals surface area contributed by atoms with Crippen LogP contribution in [0, 0.1) is 0 Å². The molecule has 2 aromatic rings. The van der Waals surface area contributed by atoms with Gasteiger partial charge in [-0.1, -0.05) is 48.5 Å². The van der Waals surface area contributed by atoms with Crippen LogP contribution in [0.5, 0.6) is 0 Å². The lowest BCUT2D eigenvalue weighted by molar-refractivity contribution is 0.109. The molecule has 3 atom stereocenters. The van der Waals surface area contributed by atoms with Crippen molar-refractivity contribution in [1.82, 2.24) is 5.32 Å². The fourth-order valence-corrected chi connectivity index (χ4v) is 3.55. The second-order valence-electron chi connectivity index (χ2n) is 5.37. The topological polar surface area (TPSA) is 32.3 Å². The van der Waals surface area contributed by atoms with Gasteiger partial charge in [0.2, 0.25) is 0 Å². The molecular weight excluding hydrogens is 222 g/mol. The number of aliphatic hydroxyl groups is 1. The molecule has 4 rings (SSSR count). The van der Waals surface area contributed by atoms with E-state index in [4.69, 9.17) is 0 Å². The summed E-state index contributed by atoms with van der Waals surface area (Å²) in [4.78, 5) is 0. The predicted octanol–water partition coefficient (Wildman–Crippen LogP) is 2.64. The van der Waals surface area contributed by atoms with Gasteiger partial charge in [0.05, 0.1) is 17.7 Å². The molecule has 0 fully saturated rings. The van der Waals surface area contributed by atoms with Crippen molar-refractivity contribution in [2.45, 2.75) is 24.6 Å². The van der Waals surface area contributed by atoms with Gasteiger partial charge in [-0.3, -0.25) is 5.32 Å². The lowest BCUT2D eigenvalue weighted by Gasteiger charge is -2.37. The highest BCUT2D eigenvalue weighted by molar-refractivity contribution is 5.55. The smallest absolute Gasteiger partial charge is 0.0988 e. The van der Waals surface area contributed by atoms with Gasteiger partial charge in [0.1, 0.15) is 0 Å². The Hall–Kier alpha value is -1.64. The zero-order valence-corrected chi connectivity index (χ0v) is 10.2. The number of aliphatic hydroxyl groups excluding tert-OH is 1. The van der Waals surface area contributed by atoms with Gasteiger partial charge >= 0.3 is 0 Å². The van der Waals surface area contributed by atoms with Crippen LogP contribution in [-0.2, 0) is 5.54 Å². The standard InChI is InChI=1S/C16H15NO/c1-16-12-8-4-2-6-10(12)14(17-16)15(18)11-7-3-5-9-13(11)16/h2-9,14-15,17-18H,1H3/t14-,15+,16?/m1/s1. The lowest BCUT2D eigenvalue weighted by atomic mass is 9.82. The highest BCUT2D eigenvalue weighted by Gasteiger charge is 2.49. The minimum atomic E-state index is -0.460. The van der Waals surface area contributed by atoms with E-state index < -0.39 is 6.10 Å². The number of nitrogens with one attached hydrogen (secondary N) is 1. The van der Waals surface area contributed by atoms with Gasteiger partial charge in [-0.2, -0.15) is 0 Å². The van der Waals surface area contributed by atoms with Crippen LogP contribution in [0.1, 0.15) is 41.3 Å². The monoisotopic (exact) mass is 237 g/mol. The average molecular weight is 237 g/mol. The molecule has 18 heavy (non-hydrogen) atoms. The molecule has 2 nitrogen and oxygen atoms in total. The van der Waals surface area contributed by atoms with Crippen molar-refractivity contribution in [3.05, 3.63) is 70.8 Å². The first-order chi connectivity index (χ1) is 8.72. The van der Waals surface area contributed by atoms with Gasteiger partial charge in [0.25, 0.3) is 0 Å². The summed E-state index contributed by atoms with van der Waals surface area (Å²) in [6.07, 6.45) is -0.460. The van der Waals surface area contributed by atoms with E-state index in [1.165, 1.54) is 16.7 Å². The SMILES string of the molecule is CC12N[C@H](c3ccccc31)[C@@H](O)c1ccccc12. The third kappa shape index (κ3) is 1.05. The molecule has 2 aromatic carbocycles. The van der Waals surface area contributed by atoms with E-state index in [1.54, 1.807) is 0 Å². The molecule has 2 aliphatic rings. The average Bonchev–Trinajstić information content (AvgIpc) is 2.70. The van der Waals surface area contributed by atoms with Crippen LogP contribution in [0.4, 0.5) is 0 Å². The van der Waals surface area contributed by atoms with Crippen molar-refractivity contribution in [3.63, 3.8) is 0 Å². The quantitative estimate of drug-likeness (QED) is 0.738. The van der Waals surface area contributed by atoms with Crippen molar-refractivity contribution < 1.29 is 5.11 Å². The Labute approximate surface area is 106 Å². The lowest BCUT2D eigenvalue weighted by Crippen LogP contribution is -2.43. The van der Waals surface area contributed by atoms with Crippen molar-refractivity contribution in [2.24, 2.45) is 0 Å². The molecule has 0 aliphatic carbocycles. The fourth-order valence-electron chi connectivity index (χ4n) is 3.55. The molecule has 2 aliphatic heterocycles. The van der Waals surface area contributed by atoms with Crippen LogP contribution >= 0.6 is 0 Å². The van der Waals surface area contributed by atoms with Crippen LogP contribution in [0.25, 0.3) is 0 Å². The first kappa shape index (κ1) is 10.3. The molecular formula is C16H15NO. The Bertz CT molecular complexity index is 636. The van der Waals surface area contributed by atoms with Crippen LogP contribution in [0.15, 0.2) is 48.5 Å². The molecule has 1 unspecified atom stereocenters. The Morgan fingerprint density at radius 2 is 1.50 bits per heavy atom. The minimum absolute atomic E-state index is 0.0149. The Morgan fingerprint density at radius 3 is 2.22 bits per heavy atom. The maximum atomic E-state index is 10.5. The highest BCUT2D eigenvalue weighted by Crippen LogP contribution is 2.52. The summed E-state index contributed by atoms with van der Waals surface area (Å²) in [6.45, 7) is 2.20. The Morgan fingerprint density at radius 1 is 0.944 bits per heavy atom. The number of benzene rings is 2. The van der Waals surface area contributed by atoms with E-state index in [0.29, 0.717) is 0 Å². The Balaban J connectivity index is 2.08. The summed E-state index contributed by atoms with van der Waals surface area (Å²) in [5.41, 5.74) is 4.60. The van der Waals surface area contributed by atoms with Crippen molar-refractivity contribution in [3.8, 4) is 0 Å². The van der Waals surface area contributed by atoms with Crippen molar-refractivity contribution in [1.29, 1.82) is 0 Å². The predicted molar refractivity (Wildman–Crippen MR) is 70.2 cm³/mol. The second kappa shape index (κ2) is 3.22. The first-order valence-corrected chi connectivity index (χ1v) is 6.36. The molecule has 0 aromatic heterocycles. The van der Waals surface area contributed by atoms with Crippen LogP contribution in [-0.4, -0.2) is 5.11 Å². The highest BCUT2D eigenvalue weighted by atomic mass is 16.3. The molecule has 2 heterocycles. The van der Waals surface area contributed by atoms with Gasteiger partial charge in [0.15, 0.2) is 0 Å². The van der Waals surface area contributed by atoms with E-state index >= 15 is 0 Å². The van der Waals surface area contributed by atoms with E-state index in [9.17, 15) is 5.11 Å². The molecule has 90 valence electrons. The molecule has 2 N–H and O–H groups in total. The summed E-state index contributed by atoms with van der Waals surface area (Å²) >= 11 is 0. The molecule has 0 spiro atoms. The fraction of sp³-hybridized carbons (Fsp3) is 0.250. The van der Waals surface area contributed by atoms with Crippen LogP contribution in [0.3, 0.4) is 0 Å². The molecule has 0 amide bonds. The first-order valence-electron chi connectivity index (χ1n) is 6.36. The van der Waals surface area contributed by atoms with Gasteiger partial charge in [-0.25, -0.2) is 0 Å². The minimum Gasteiger partial charge on any atom is -0.386 e. The van der Waals surface area contributed by atoms with E-state index in [-0.39, 0.29) is 11.6 Å². The molecule has 0 saturated heterocycles. The van der Waals surface area contributed by atoms with Crippen molar-refractivity contribution in [2.75, 3.05) is 0 Å². The summed E-state index contributed by atoms with van der Waals surface area (Å²) < 4.78 is 0. The number of hydrogen-bond acceptors (Lipinski definition) is 2. The van der Waals surface area contributed by atoms with Gasteiger partial charge in [-0.15, -0.1) is 0 Å². The van der Waals surface area contributed by atoms with Crippen LogP contribution in [0.2, 0.25) is 0 Å². The zero-order chi connectivity index (χ0) is 12.3. The van der Waals surface area contributed by atoms with Gasteiger partial charge in [-0.05, 0) is 29.2 Å². The maximum Gasteiger partial charge on any atom is 0.0988 e. The van der Waals surface area contributed by atoms with Crippen molar-refractivity contribution >= 4 is 0 Å². The number of fused-ring (bicyclic) bond motifs is 7. The molecule has 2 heteroatoms. The van der Waals surface area contributed by atoms with Gasteiger partial charge < -0.3 is 5.11 Å². The molecule has 0 radical (unpaired) electrons. The number of rotatable bonds is 0. The Kier molecular flexibility index (Phi) is 1.84. The molecule has 0 saturated carbocycles. The van der Waals surface area contributed by atoms with Crippen LogP contribution < -0.4 is 5.32 Å². The summed E-state index contributed by atoms with van der Waals surface area (Å²) in [7, 11) is 0. The van der Waals surface area contributed by atoms with E-state index in [2.05, 4.69) is 36.5 Å². The summed E-state index contributed by atoms with van der Waals surface area (Å²) in [6, 6.07) is 16.6. The normalized spacial score (nSPS) is 31.9. The third-order valence-electron chi connectivity index (χ3n) is 4.41. The number of hydrogen-bond donors (Lipinski definition) is 2.